The second kappa shape index (κ2) is 6.71. The number of aliphatic hydroxyl groups excluding tert-OH is 3. The van der Waals surface area contributed by atoms with Crippen LogP contribution in [0.4, 0.5) is 0 Å². The molecule has 2 aliphatic rings. The normalized spacial score (nSPS) is 26.1. The van der Waals surface area contributed by atoms with Crippen LogP contribution >= 0.6 is 0 Å². The number of carbonyl (C=O) groups is 2. The van der Waals surface area contributed by atoms with E-state index in [0.29, 0.717) is 18.4 Å². The third-order valence-corrected chi connectivity index (χ3v) is 4.20. The average Bonchev–Trinajstić information content (AvgIpc) is 2.81. The Hall–Kier alpha value is -2.24. The summed E-state index contributed by atoms with van der Waals surface area (Å²) in [5.74, 6) is 4.60. The summed E-state index contributed by atoms with van der Waals surface area (Å²) in [5.41, 5.74) is 0.917. The SMILES string of the molecule is O=C1c2cccc(C#CCCO)c2C(=O)N1C1CCC(O)NC1O. The molecule has 1 saturated heterocycles. The van der Waals surface area contributed by atoms with E-state index in [0.717, 1.165) is 4.90 Å². The molecule has 0 bridgehead atoms. The van der Waals surface area contributed by atoms with Gasteiger partial charge in [0, 0.05) is 12.0 Å². The number of aliphatic hydroxyl groups is 3. The van der Waals surface area contributed by atoms with E-state index in [1.807, 2.05) is 0 Å². The third kappa shape index (κ3) is 2.81. The van der Waals surface area contributed by atoms with Gasteiger partial charge in [-0.05, 0) is 25.0 Å². The molecule has 3 atom stereocenters. The molecule has 3 unspecified atom stereocenters. The molecule has 126 valence electrons. The van der Waals surface area contributed by atoms with Crippen LogP contribution in [0, 0.1) is 11.8 Å². The number of rotatable bonds is 2. The van der Waals surface area contributed by atoms with Gasteiger partial charge in [-0.1, -0.05) is 17.9 Å². The van der Waals surface area contributed by atoms with E-state index >= 15 is 0 Å². The molecule has 2 heterocycles. The van der Waals surface area contributed by atoms with E-state index in [1.54, 1.807) is 18.2 Å². The van der Waals surface area contributed by atoms with E-state index in [4.69, 9.17) is 5.11 Å². The zero-order chi connectivity index (χ0) is 17.3. The van der Waals surface area contributed by atoms with Crippen molar-refractivity contribution in [3.8, 4) is 11.8 Å². The number of fused-ring (bicyclic) bond motifs is 1. The van der Waals surface area contributed by atoms with E-state index < -0.39 is 30.3 Å². The smallest absolute Gasteiger partial charge is 0.263 e. The summed E-state index contributed by atoms with van der Waals surface area (Å²) in [5, 5.41) is 30.9. The van der Waals surface area contributed by atoms with Crippen molar-refractivity contribution in [1.29, 1.82) is 0 Å². The lowest BCUT2D eigenvalue weighted by atomic mass is 10.0. The lowest BCUT2D eigenvalue weighted by Crippen LogP contribution is -2.58. The standard InChI is InChI=1S/C17H18N2O5/c20-9-2-1-4-10-5-3-6-11-14(10)17(24)19(16(11)23)12-7-8-13(21)18-15(12)22/h3,5-6,12-13,15,18,20-22H,2,7-9H2. The van der Waals surface area contributed by atoms with Gasteiger partial charge < -0.3 is 15.3 Å². The van der Waals surface area contributed by atoms with Gasteiger partial charge in [0.25, 0.3) is 11.8 Å². The Labute approximate surface area is 138 Å². The zero-order valence-corrected chi connectivity index (χ0v) is 12.9. The second-order valence-electron chi connectivity index (χ2n) is 5.76. The molecule has 0 radical (unpaired) electrons. The molecule has 0 saturated carbocycles. The minimum absolute atomic E-state index is 0.0801. The monoisotopic (exact) mass is 330 g/mol. The van der Waals surface area contributed by atoms with Crippen LogP contribution in [0.2, 0.25) is 0 Å². The molecule has 4 N–H and O–H groups in total. The van der Waals surface area contributed by atoms with Crippen molar-refractivity contribution >= 4 is 11.8 Å². The Balaban J connectivity index is 1.94. The summed E-state index contributed by atoms with van der Waals surface area (Å²) in [4.78, 5) is 26.5. The first kappa shape index (κ1) is 16.6. The predicted molar refractivity (Wildman–Crippen MR) is 83.7 cm³/mol. The topological polar surface area (TPSA) is 110 Å². The second-order valence-corrected chi connectivity index (χ2v) is 5.76. The molecule has 0 aromatic heterocycles. The van der Waals surface area contributed by atoms with Crippen LogP contribution in [0.3, 0.4) is 0 Å². The quantitative estimate of drug-likeness (QED) is 0.426. The molecule has 0 spiro atoms. The molecule has 2 aliphatic heterocycles. The van der Waals surface area contributed by atoms with Crippen molar-refractivity contribution in [2.75, 3.05) is 6.61 Å². The molecule has 1 aromatic rings. The Morgan fingerprint density at radius 2 is 2.00 bits per heavy atom. The zero-order valence-electron chi connectivity index (χ0n) is 12.9. The molecule has 3 rings (SSSR count). The predicted octanol–water partition coefficient (Wildman–Crippen LogP) is -0.595. The maximum atomic E-state index is 12.8. The van der Waals surface area contributed by atoms with Crippen LogP contribution in [0.25, 0.3) is 0 Å². The molecule has 24 heavy (non-hydrogen) atoms. The molecule has 7 nitrogen and oxygen atoms in total. The highest BCUT2D eigenvalue weighted by atomic mass is 16.3. The fourth-order valence-electron chi connectivity index (χ4n) is 3.07. The third-order valence-electron chi connectivity index (χ3n) is 4.20. The molecular weight excluding hydrogens is 312 g/mol. The number of piperidine rings is 1. The summed E-state index contributed by atoms with van der Waals surface area (Å²) in [6.07, 6.45) is -1.12. The summed E-state index contributed by atoms with van der Waals surface area (Å²) >= 11 is 0. The van der Waals surface area contributed by atoms with E-state index in [-0.39, 0.29) is 24.2 Å². The van der Waals surface area contributed by atoms with Crippen molar-refractivity contribution in [1.82, 2.24) is 10.2 Å². The van der Waals surface area contributed by atoms with Crippen molar-refractivity contribution in [2.24, 2.45) is 0 Å². The molecule has 1 fully saturated rings. The number of nitrogens with one attached hydrogen (secondary N) is 1. The Morgan fingerprint density at radius 1 is 1.21 bits per heavy atom. The van der Waals surface area contributed by atoms with Crippen LogP contribution < -0.4 is 5.32 Å². The van der Waals surface area contributed by atoms with Crippen LogP contribution in [0.1, 0.15) is 45.5 Å². The number of hydrogen-bond donors (Lipinski definition) is 4. The number of amides is 2. The Bertz CT molecular complexity index is 736. The highest BCUT2D eigenvalue weighted by Crippen LogP contribution is 2.30. The molecule has 2 amide bonds. The highest BCUT2D eigenvalue weighted by Gasteiger charge is 2.45. The lowest BCUT2D eigenvalue weighted by Gasteiger charge is -2.36. The maximum Gasteiger partial charge on any atom is 0.263 e. The summed E-state index contributed by atoms with van der Waals surface area (Å²) in [6, 6.07) is 4.12. The number of carbonyl (C=O) groups excluding carboxylic acids is 2. The van der Waals surface area contributed by atoms with Crippen LogP contribution in [0.5, 0.6) is 0 Å². The van der Waals surface area contributed by atoms with Gasteiger partial charge in [0.1, 0.15) is 12.5 Å². The number of benzene rings is 1. The molecule has 0 aliphatic carbocycles. The molecule has 1 aromatic carbocycles. The molecular formula is C17H18N2O5. The fraction of sp³-hybridized carbons (Fsp3) is 0.412. The summed E-state index contributed by atoms with van der Waals surface area (Å²) < 4.78 is 0. The van der Waals surface area contributed by atoms with Gasteiger partial charge in [-0.25, -0.2) is 0 Å². The first-order valence-electron chi connectivity index (χ1n) is 7.77. The minimum Gasteiger partial charge on any atom is -0.395 e. The minimum atomic E-state index is -1.18. The van der Waals surface area contributed by atoms with E-state index in [1.165, 1.54) is 0 Å². The number of nitrogens with zero attached hydrogens (tertiary/aromatic N) is 1. The first-order chi connectivity index (χ1) is 11.5. The van der Waals surface area contributed by atoms with Gasteiger partial charge in [-0.3, -0.25) is 19.8 Å². The highest BCUT2D eigenvalue weighted by molar-refractivity contribution is 6.22. The van der Waals surface area contributed by atoms with Gasteiger partial charge >= 0.3 is 0 Å². The van der Waals surface area contributed by atoms with Crippen LogP contribution in [0.15, 0.2) is 18.2 Å². The Morgan fingerprint density at radius 3 is 2.71 bits per heavy atom. The summed E-state index contributed by atoms with van der Waals surface area (Å²) in [7, 11) is 0. The van der Waals surface area contributed by atoms with E-state index in [9.17, 15) is 19.8 Å². The largest absolute Gasteiger partial charge is 0.395 e. The average molecular weight is 330 g/mol. The van der Waals surface area contributed by atoms with Gasteiger partial charge in [-0.15, -0.1) is 0 Å². The first-order valence-corrected chi connectivity index (χ1v) is 7.77. The van der Waals surface area contributed by atoms with E-state index in [2.05, 4.69) is 17.2 Å². The van der Waals surface area contributed by atoms with Crippen molar-refractivity contribution in [3.05, 3.63) is 34.9 Å². The fourth-order valence-corrected chi connectivity index (χ4v) is 3.07. The van der Waals surface area contributed by atoms with Crippen LogP contribution in [-0.2, 0) is 0 Å². The lowest BCUT2D eigenvalue weighted by molar-refractivity contribution is -0.0413. The summed E-state index contributed by atoms with van der Waals surface area (Å²) in [6.45, 7) is -0.0801. The van der Waals surface area contributed by atoms with Gasteiger partial charge in [0.15, 0.2) is 0 Å². The number of imide groups is 1. The molecule has 7 heteroatoms. The number of hydrogen-bond acceptors (Lipinski definition) is 6. The maximum absolute atomic E-state index is 12.8. The van der Waals surface area contributed by atoms with Gasteiger partial charge in [0.05, 0.1) is 23.8 Å². The van der Waals surface area contributed by atoms with Crippen molar-refractivity contribution in [3.63, 3.8) is 0 Å². The van der Waals surface area contributed by atoms with Gasteiger partial charge in [-0.2, -0.15) is 0 Å². The van der Waals surface area contributed by atoms with Crippen LogP contribution in [-0.4, -0.2) is 57.1 Å². The van der Waals surface area contributed by atoms with Crippen molar-refractivity contribution in [2.45, 2.75) is 37.8 Å². The Kier molecular flexibility index (Phi) is 4.64. The van der Waals surface area contributed by atoms with Crippen molar-refractivity contribution < 1.29 is 24.9 Å². The van der Waals surface area contributed by atoms with Gasteiger partial charge in [0.2, 0.25) is 0 Å².